The van der Waals surface area contributed by atoms with E-state index < -0.39 is 6.29 Å². The number of rotatable bonds is 1. The predicted octanol–water partition coefficient (Wildman–Crippen LogP) is 1.20. The Morgan fingerprint density at radius 3 is 2.43 bits per heavy atom. The first-order valence-electron chi connectivity index (χ1n) is 5.75. The summed E-state index contributed by atoms with van der Waals surface area (Å²) in [6, 6.07) is 0. The van der Waals surface area contributed by atoms with Crippen LogP contribution >= 0.6 is 0 Å². The van der Waals surface area contributed by atoms with Crippen LogP contribution in [-0.2, 0) is 4.74 Å². The molecule has 0 aromatic heterocycles. The van der Waals surface area contributed by atoms with Gasteiger partial charge >= 0.3 is 0 Å². The Labute approximate surface area is 87.4 Å². The lowest BCUT2D eigenvalue weighted by Crippen LogP contribution is -2.36. The quantitative estimate of drug-likeness (QED) is 0.504. The third kappa shape index (κ3) is 1.72. The van der Waals surface area contributed by atoms with Crippen LogP contribution in [0.1, 0.15) is 33.6 Å². The van der Waals surface area contributed by atoms with Gasteiger partial charge in [0.2, 0.25) is 0 Å². The molecule has 5 atom stereocenters. The van der Waals surface area contributed by atoms with Crippen molar-refractivity contribution in [2.24, 2.45) is 17.3 Å². The fourth-order valence-corrected chi connectivity index (χ4v) is 3.11. The summed E-state index contributed by atoms with van der Waals surface area (Å²) >= 11 is 0. The standard InChI is InChI=1S/C11H21BO2/c1-6-4-7(8-10(13)14-8)5-11(2,3)9(6)12/h6-10,13H,4-5,12H2,1-3H3/t6?,7?,8?,9?,10-/m0/s1. The van der Waals surface area contributed by atoms with E-state index in [1.165, 1.54) is 12.8 Å². The highest BCUT2D eigenvalue weighted by Gasteiger charge is 2.49. The van der Waals surface area contributed by atoms with Gasteiger partial charge in [-0.1, -0.05) is 26.6 Å². The molecule has 1 aliphatic carbocycles. The molecule has 4 unspecified atom stereocenters. The van der Waals surface area contributed by atoms with Crippen LogP contribution in [0.25, 0.3) is 0 Å². The van der Waals surface area contributed by atoms with Gasteiger partial charge in [-0.2, -0.15) is 0 Å². The van der Waals surface area contributed by atoms with Crippen molar-refractivity contribution in [3.63, 3.8) is 0 Å². The maximum Gasteiger partial charge on any atom is 0.182 e. The fourth-order valence-electron chi connectivity index (χ4n) is 3.11. The van der Waals surface area contributed by atoms with Crippen molar-refractivity contribution in [2.45, 2.75) is 51.8 Å². The van der Waals surface area contributed by atoms with Gasteiger partial charge in [0.05, 0.1) is 0 Å². The number of aliphatic hydroxyl groups is 1. The number of hydrogen-bond acceptors (Lipinski definition) is 2. The van der Waals surface area contributed by atoms with E-state index in [0.717, 1.165) is 11.7 Å². The lowest BCUT2D eigenvalue weighted by atomic mass is 9.53. The molecule has 2 rings (SSSR count). The Balaban J connectivity index is 2.03. The number of ether oxygens (including phenoxy) is 1. The van der Waals surface area contributed by atoms with Gasteiger partial charge in [0, 0.05) is 0 Å². The van der Waals surface area contributed by atoms with Crippen molar-refractivity contribution in [2.75, 3.05) is 0 Å². The van der Waals surface area contributed by atoms with Crippen molar-refractivity contribution >= 4 is 7.85 Å². The Morgan fingerprint density at radius 2 is 2.00 bits per heavy atom. The molecule has 0 spiro atoms. The Hall–Kier alpha value is -0.0151. The second-order valence-electron chi connectivity index (χ2n) is 5.95. The number of aliphatic hydroxyl groups excluding tert-OH is 1. The van der Waals surface area contributed by atoms with Gasteiger partial charge in [-0.15, -0.1) is 0 Å². The molecule has 0 amide bonds. The summed E-state index contributed by atoms with van der Waals surface area (Å²) < 4.78 is 5.19. The molecule has 2 fully saturated rings. The van der Waals surface area contributed by atoms with Crippen molar-refractivity contribution in [3.8, 4) is 0 Å². The monoisotopic (exact) mass is 196 g/mol. The molecule has 80 valence electrons. The zero-order valence-electron chi connectivity index (χ0n) is 9.66. The molecular weight excluding hydrogens is 175 g/mol. The van der Waals surface area contributed by atoms with Crippen LogP contribution in [0, 0.1) is 17.3 Å². The Bertz CT molecular complexity index is 229. The van der Waals surface area contributed by atoms with E-state index in [0.29, 0.717) is 11.3 Å². The number of epoxide rings is 1. The zero-order chi connectivity index (χ0) is 10.5. The first-order valence-corrected chi connectivity index (χ1v) is 5.75. The summed E-state index contributed by atoms with van der Waals surface area (Å²) in [6.07, 6.45) is 2.09. The maximum atomic E-state index is 9.28. The third-order valence-corrected chi connectivity index (χ3v) is 4.51. The molecule has 14 heavy (non-hydrogen) atoms. The summed E-state index contributed by atoms with van der Waals surface area (Å²) in [6.45, 7) is 7.01. The molecule has 1 aliphatic heterocycles. The van der Waals surface area contributed by atoms with E-state index in [4.69, 9.17) is 4.74 Å². The van der Waals surface area contributed by atoms with Crippen LogP contribution in [0.5, 0.6) is 0 Å². The third-order valence-electron chi connectivity index (χ3n) is 4.51. The van der Waals surface area contributed by atoms with Gasteiger partial charge in [-0.25, -0.2) is 0 Å². The van der Waals surface area contributed by atoms with Crippen LogP contribution in [0.15, 0.2) is 0 Å². The second-order valence-corrected chi connectivity index (χ2v) is 5.95. The molecule has 2 nitrogen and oxygen atoms in total. The maximum absolute atomic E-state index is 9.28. The van der Waals surface area contributed by atoms with Crippen LogP contribution in [0.3, 0.4) is 0 Å². The van der Waals surface area contributed by atoms with Crippen molar-refractivity contribution in [1.29, 1.82) is 0 Å². The van der Waals surface area contributed by atoms with Crippen molar-refractivity contribution in [1.82, 2.24) is 0 Å². The van der Waals surface area contributed by atoms with Gasteiger partial charge < -0.3 is 9.84 Å². The molecule has 0 radical (unpaired) electrons. The molecule has 1 heterocycles. The molecular formula is C11H21BO2. The normalized spacial score (nSPS) is 51.6. The Morgan fingerprint density at radius 1 is 1.43 bits per heavy atom. The minimum Gasteiger partial charge on any atom is -0.366 e. The summed E-state index contributed by atoms with van der Waals surface area (Å²) in [5, 5.41) is 9.28. The smallest absolute Gasteiger partial charge is 0.182 e. The minimum atomic E-state index is -0.462. The highest BCUT2D eigenvalue weighted by Crippen LogP contribution is 2.52. The second kappa shape index (κ2) is 3.24. The summed E-state index contributed by atoms with van der Waals surface area (Å²) in [5.41, 5.74) is 0.397. The lowest BCUT2D eigenvalue weighted by Gasteiger charge is -2.44. The van der Waals surface area contributed by atoms with Crippen LogP contribution in [0.2, 0.25) is 5.82 Å². The summed E-state index contributed by atoms with van der Waals surface area (Å²) in [5.74, 6) is 2.10. The summed E-state index contributed by atoms with van der Waals surface area (Å²) in [7, 11) is 2.35. The first kappa shape index (κ1) is 10.5. The van der Waals surface area contributed by atoms with Crippen LogP contribution in [-0.4, -0.2) is 25.3 Å². The minimum absolute atomic E-state index is 0.143. The highest BCUT2D eigenvalue weighted by atomic mass is 16.7. The SMILES string of the molecule is BC1C(C)CC(C2O[C@@H]2O)CC1(C)C. The number of hydrogen-bond donors (Lipinski definition) is 1. The van der Waals surface area contributed by atoms with Crippen molar-refractivity contribution < 1.29 is 9.84 Å². The molecule has 0 aromatic rings. The van der Waals surface area contributed by atoms with E-state index in [1.807, 2.05) is 0 Å². The average Bonchev–Trinajstić information content (AvgIpc) is 2.77. The first-order chi connectivity index (χ1) is 6.42. The van der Waals surface area contributed by atoms with Crippen LogP contribution < -0.4 is 0 Å². The van der Waals surface area contributed by atoms with E-state index in [1.54, 1.807) is 0 Å². The van der Waals surface area contributed by atoms with E-state index in [2.05, 4.69) is 28.6 Å². The van der Waals surface area contributed by atoms with E-state index in [9.17, 15) is 5.11 Å². The fraction of sp³-hybridized carbons (Fsp3) is 1.00. The molecule has 0 aromatic carbocycles. The van der Waals surface area contributed by atoms with Gasteiger partial charge in [0.15, 0.2) is 6.29 Å². The van der Waals surface area contributed by atoms with Gasteiger partial charge in [0.25, 0.3) is 0 Å². The van der Waals surface area contributed by atoms with Gasteiger partial charge in [0.1, 0.15) is 14.0 Å². The highest BCUT2D eigenvalue weighted by molar-refractivity contribution is 6.12. The average molecular weight is 196 g/mol. The topological polar surface area (TPSA) is 32.8 Å². The van der Waals surface area contributed by atoms with Crippen molar-refractivity contribution in [3.05, 3.63) is 0 Å². The molecule has 0 bridgehead atoms. The zero-order valence-corrected chi connectivity index (χ0v) is 9.66. The van der Waals surface area contributed by atoms with Crippen LogP contribution in [0.4, 0.5) is 0 Å². The molecule has 1 saturated carbocycles. The summed E-state index contributed by atoms with van der Waals surface area (Å²) in [4.78, 5) is 0. The van der Waals surface area contributed by atoms with Gasteiger partial charge in [-0.3, -0.25) is 0 Å². The molecule has 2 aliphatic rings. The van der Waals surface area contributed by atoms with E-state index in [-0.39, 0.29) is 6.10 Å². The van der Waals surface area contributed by atoms with E-state index >= 15 is 0 Å². The Kier molecular flexibility index (Phi) is 2.43. The lowest BCUT2D eigenvalue weighted by molar-refractivity contribution is 0.113. The van der Waals surface area contributed by atoms with Gasteiger partial charge in [-0.05, 0) is 30.1 Å². The molecule has 1 N–H and O–H groups in total. The molecule has 1 saturated heterocycles. The largest absolute Gasteiger partial charge is 0.366 e. The molecule has 3 heteroatoms. The predicted molar refractivity (Wildman–Crippen MR) is 58.8 cm³/mol.